The van der Waals surface area contributed by atoms with E-state index < -0.39 is 24.1 Å². The summed E-state index contributed by atoms with van der Waals surface area (Å²) in [5, 5.41) is 0. The number of alkyl halides is 3. The highest BCUT2D eigenvalue weighted by Crippen LogP contribution is 2.18. The van der Waals surface area contributed by atoms with Gasteiger partial charge in [0, 0.05) is 6.54 Å². The summed E-state index contributed by atoms with van der Waals surface area (Å²) >= 11 is 0. The average Bonchev–Trinajstić information content (AvgIpc) is 2.45. The van der Waals surface area contributed by atoms with Crippen LogP contribution in [0.2, 0.25) is 0 Å². The Balaban J connectivity index is 2.68. The molecule has 1 heterocycles. The Morgan fingerprint density at radius 1 is 1.60 bits per heavy atom. The summed E-state index contributed by atoms with van der Waals surface area (Å²) in [6, 6.07) is -0.593. The zero-order valence-corrected chi connectivity index (χ0v) is 7.67. The number of likely N-dealkylation sites (N-methyl/N-ethyl adjacent to an activating group) is 1. The van der Waals surface area contributed by atoms with E-state index in [2.05, 4.69) is 9.73 Å². The molecule has 0 radical (unpaired) electrons. The fraction of sp³-hybridized carbons (Fsp3) is 0.571. The van der Waals surface area contributed by atoms with Crippen LogP contribution in [0.15, 0.2) is 4.99 Å². The molecule has 5 nitrogen and oxygen atoms in total. The van der Waals surface area contributed by atoms with Crippen LogP contribution in [0.3, 0.4) is 0 Å². The van der Waals surface area contributed by atoms with Crippen LogP contribution in [0, 0.1) is 0 Å². The van der Waals surface area contributed by atoms with Gasteiger partial charge in [-0.05, 0) is 6.92 Å². The highest BCUT2D eigenvalue weighted by Gasteiger charge is 2.43. The van der Waals surface area contributed by atoms with Gasteiger partial charge in [-0.25, -0.2) is 9.79 Å². The number of amidine groups is 1. The Morgan fingerprint density at radius 3 is 2.67 bits per heavy atom. The lowest BCUT2D eigenvalue weighted by Gasteiger charge is -2.15. The largest absolute Gasteiger partial charge is 0.491 e. The fourth-order valence-corrected chi connectivity index (χ4v) is 0.952. The fourth-order valence-electron chi connectivity index (χ4n) is 0.952. The van der Waals surface area contributed by atoms with Gasteiger partial charge in [0.2, 0.25) is 0 Å². The molecule has 0 N–H and O–H groups in total. The van der Waals surface area contributed by atoms with Crippen molar-refractivity contribution in [2.45, 2.75) is 13.1 Å². The molecule has 0 atom stereocenters. The SMILES string of the molecule is CCN1C(=O)CN=C1OC(=O)C(F)(F)F. The summed E-state index contributed by atoms with van der Waals surface area (Å²) in [5.41, 5.74) is 0. The van der Waals surface area contributed by atoms with E-state index in [0.717, 1.165) is 4.90 Å². The third-order valence-electron chi connectivity index (χ3n) is 1.61. The molecule has 1 aliphatic heterocycles. The Labute approximate surface area is 82.5 Å². The van der Waals surface area contributed by atoms with Crippen LogP contribution in [0.25, 0.3) is 0 Å². The molecule has 0 bridgehead atoms. The molecular formula is C7H7F3N2O3. The van der Waals surface area contributed by atoms with E-state index in [1.165, 1.54) is 6.92 Å². The first-order valence-corrected chi connectivity index (χ1v) is 4.00. The lowest BCUT2D eigenvalue weighted by Crippen LogP contribution is -2.38. The molecule has 0 aliphatic carbocycles. The highest BCUT2D eigenvalue weighted by atomic mass is 19.4. The second-order valence-electron chi connectivity index (χ2n) is 2.62. The summed E-state index contributed by atoms with van der Waals surface area (Å²) in [6.45, 7) is 1.33. The van der Waals surface area contributed by atoms with Crippen molar-refractivity contribution in [2.24, 2.45) is 4.99 Å². The Kier molecular flexibility index (Phi) is 2.96. The molecule has 0 saturated carbocycles. The van der Waals surface area contributed by atoms with Crippen LogP contribution in [0.4, 0.5) is 13.2 Å². The number of nitrogens with zero attached hydrogens (tertiary/aromatic N) is 2. The van der Waals surface area contributed by atoms with Gasteiger partial charge in [0.1, 0.15) is 6.54 Å². The maximum Gasteiger partial charge on any atom is 0.491 e. The van der Waals surface area contributed by atoms with Gasteiger partial charge in [0.05, 0.1) is 0 Å². The summed E-state index contributed by atoms with van der Waals surface area (Å²) in [7, 11) is 0. The number of carbonyl (C=O) groups excluding carboxylic acids is 2. The summed E-state index contributed by atoms with van der Waals surface area (Å²) in [4.78, 5) is 25.6. The summed E-state index contributed by atoms with van der Waals surface area (Å²) < 4.78 is 39.3. The number of esters is 1. The Morgan fingerprint density at radius 2 is 2.20 bits per heavy atom. The van der Waals surface area contributed by atoms with E-state index in [1.807, 2.05) is 0 Å². The van der Waals surface area contributed by atoms with E-state index in [9.17, 15) is 22.8 Å². The van der Waals surface area contributed by atoms with Crippen molar-refractivity contribution in [1.29, 1.82) is 0 Å². The molecule has 0 unspecified atom stereocenters. The van der Waals surface area contributed by atoms with Crippen molar-refractivity contribution in [3.63, 3.8) is 0 Å². The van der Waals surface area contributed by atoms with E-state index in [0.29, 0.717) is 0 Å². The van der Waals surface area contributed by atoms with Gasteiger partial charge in [-0.15, -0.1) is 0 Å². The smallest absolute Gasteiger partial charge is 0.385 e. The minimum atomic E-state index is -5.09. The van der Waals surface area contributed by atoms with Gasteiger partial charge in [-0.1, -0.05) is 0 Å². The third kappa shape index (κ3) is 2.45. The predicted molar refractivity (Wildman–Crippen MR) is 41.8 cm³/mol. The van der Waals surface area contributed by atoms with Crippen LogP contribution in [-0.4, -0.2) is 42.1 Å². The standard InChI is InChI=1S/C7H7F3N2O3/c1-2-12-4(13)3-11-6(12)15-5(14)7(8,9)10/h2-3H2,1H3. The van der Waals surface area contributed by atoms with Gasteiger partial charge in [-0.2, -0.15) is 13.2 Å². The van der Waals surface area contributed by atoms with Gasteiger partial charge >= 0.3 is 18.2 Å². The maximum atomic E-state index is 11.8. The van der Waals surface area contributed by atoms with Crippen molar-refractivity contribution in [1.82, 2.24) is 4.90 Å². The van der Waals surface area contributed by atoms with Crippen molar-refractivity contribution >= 4 is 17.9 Å². The molecule has 0 aromatic heterocycles. The lowest BCUT2D eigenvalue weighted by molar-refractivity contribution is -0.191. The highest BCUT2D eigenvalue weighted by molar-refractivity contribution is 6.04. The average molecular weight is 224 g/mol. The first kappa shape index (κ1) is 11.5. The van der Waals surface area contributed by atoms with Crippen molar-refractivity contribution in [3.8, 4) is 0 Å². The minimum absolute atomic E-state index is 0.100. The topological polar surface area (TPSA) is 59.0 Å². The number of ether oxygens (including phenoxy) is 1. The third-order valence-corrected chi connectivity index (χ3v) is 1.61. The van der Waals surface area contributed by atoms with Gasteiger partial charge in [0.15, 0.2) is 0 Å². The predicted octanol–water partition coefficient (Wildman–Crippen LogP) is 0.310. The number of rotatable bonds is 1. The van der Waals surface area contributed by atoms with Crippen molar-refractivity contribution < 1.29 is 27.5 Å². The number of aliphatic imine (C=N–C) groups is 1. The first-order valence-electron chi connectivity index (χ1n) is 4.00. The van der Waals surface area contributed by atoms with Gasteiger partial charge in [0.25, 0.3) is 5.91 Å². The van der Waals surface area contributed by atoms with Gasteiger partial charge < -0.3 is 4.74 Å². The van der Waals surface area contributed by atoms with E-state index in [4.69, 9.17) is 0 Å². The number of hydrogen-bond donors (Lipinski definition) is 0. The Hall–Kier alpha value is -1.60. The quantitative estimate of drug-likeness (QED) is 0.602. The maximum absolute atomic E-state index is 11.8. The molecule has 84 valence electrons. The molecule has 15 heavy (non-hydrogen) atoms. The number of hydrogen-bond acceptors (Lipinski definition) is 4. The van der Waals surface area contributed by atoms with Crippen LogP contribution < -0.4 is 0 Å². The molecule has 0 saturated heterocycles. The molecular weight excluding hydrogens is 217 g/mol. The Bertz CT molecular complexity index is 324. The molecule has 0 fully saturated rings. The van der Waals surface area contributed by atoms with E-state index in [-0.39, 0.29) is 13.1 Å². The van der Waals surface area contributed by atoms with E-state index in [1.54, 1.807) is 0 Å². The molecule has 0 aromatic rings. The lowest BCUT2D eigenvalue weighted by atomic mass is 10.5. The normalized spacial score (nSPS) is 16.7. The van der Waals surface area contributed by atoms with Gasteiger partial charge in [-0.3, -0.25) is 9.69 Å². The number of amides is 1. The zero-order valence-electron chi connectivity index (χ0n) is 7.67. The molecule has 8 heteroatoms. The second kappa shape index (κ2) is 3.87. The molecule has 1 rings (SSSR count). The van der Waals surface area contributed by atoms with E-state index >= 15 is 0 Å². The van der Waals surface area contributed by atoms with Crippen molar-refractivity contribution in [2.75, 3.05) is 13.1 Å². The van der Waals surface area contributed by atoms with Crippen LogP contribution in [0.5, 0.6) is 0 Å². The number of halogens is 3. The molecule has 0 spiro atoms. The second-order valence-corrected chi connectivity index (χ2v) is 2.62. The monoisotopic (exact) mass is 224 g/mol. The molecule has 1 amide bonds. The first-order chi connectivity index (χ1) is 6.86. The summed E-state index contributed by atoms with van der Waals surface area (Å²) in [6.07, 6.45) is -5.09. The molecule has 1 aliphatic rings. The minimum Gasteiger partial charge on any atom is -0.385 e. The zero-order chi connectivity index (χ0) is 11.6. The van der Waals surface area contributed by atoms with Crippen LogP contribution >= 0.6 is 0 Å². The van der Waals surface area contributed by atoms with Crippen LogP contribution in [-0.2, 0) is 14.3 Å². The molecule has 0 aromatic carbocycles. The van der Waals surface area contributed by atoms with Crippen molar-refractivity contribution in [3.05, 3.63) is 0 Å². The summed E-state index contributed by atoms with van der Waals surface area (Å²) in [5.74, 6) is -2.88. The number of carbonyl (C=O) groups is 2. The van der Waals surface area contributed by atoms with Crippen LogP contribution in [0.1, 0.15) is 6.92 Å².